The van der Waals surface area contributed by atoms with Gasteiger partial charge in [0.25, 0.3) is 0 Å². The van der Waals surface area contributed by atoms with Crippen LogP contribution in [0.1, 0.15) is 188 Å². The van der Waals surface area contributed by atoms with Gasteiger partial charge in [-0.3, -0.25) is 34.7 Å². The number of carbonyl (C=O) groups is 1. The number of carbonyl (C=O) groups excluding carboxylic acids is 1. The molecule has 0 bridgehead atoms. The van der Waals surface area contributed by atoms with E-state index in [0.29, 0.717) is 24.2 Å². The van der Waals surface area contributed by atoms with Crippen molar-refractivity contribution in [3.8, 4) is 0 Å². The van der Waals surface area contributed by atoms with Crippen LogP contribution in [0.3, 0.4) is 0 Å². The van der Waals surface area contributed by atoms with E-state index < -0.39 is 14.8 Å². The molecule has 393 valence electrons. The minimum absolute atomic E-state index is 0. The van der Waals surface area contributed by atoms with Gasteiger partial charge in [0, 0.05) is 49.5 Å². The summed E-state index contributed by atoms with van der Waals surface area (Å²) < 4.78 is 16.8. The first-order valence-corrected chi connectivity index (χ1v) is 27.2. The average molecular weight is 1050 g/mol. The number of Topliss-reactive ketones (excluding diaryl/α,β-unsaturated/α-hetero) is 1. The summed E-state index contributed by atoms with van der Waals surface area (Å²) in [4.78, 5) is 37.7. The van der Waals surface area contributed by atoms with Crippen LogP contribution >= 0.6 is 0 Å². The normalized spacial score (nSPS) is 18.8. The predicted octanol–water partition coefficient (Wildman–Crippen LogP) is 12.6. The number of aromatic nitrogens is 5. The van der Waals surface area contributed by atoms with Crippen molar-refractivity contribution in [2.24, 2.45) is 10.7 Å². The van der Waals surface area contributed by atoms with E-state index in [1.165, 1.54) is 76.9 Å². The van der Waals surface area contributed by atoms with Crippen molar-refractivity contribution >= 4 is 11.5 Å². The Kier molecular flexibility index (Phi) is 23.7. The first-order chi connectivity index (χ1) is 36.2. The molecule has 4 N–H and O–H groups in total. The van der Waals surface area contributed by atoms with E-state index in [4.69, 9.17) is 18.4 Å². The van der Waals surface area contributed by atoms with Crippen LogP contribution < -0.4 is 11.1 Å². The van der Waals surface area contributed by atoms with Crippen molar-refractivity contribution < 1.29 is 32.4 Å². The third-order valence-electron chi connectivity index (χ3n) is 14.0. The molecule has 0 aliphatic heterocycles. The van der Waals surface area contributed by atoms with E-state index in [-0.39, 0.29) is 31.4 Å². The molecule has 12 rings (SSSR count). The summed E-state index contributed by atoms with van der Waals surface area (Å²) in [5.41, 5.74) is 21.1. The molecule has 0 fully saturated rings. The van der Waals surface area contributed by atoms with Crippen LogP contribution in [-0.2, 0) is 54.6 Å². The van der Waals surface area contributed by atoms with Crippen LogP contribution in [0, 0.1) is 0 Å². The number of fused-ring (bicyclic) bond motifs is 5. The van der Waals surface area contributed by atoms with E-state index in [0.717, 1.165) is 80.4 Å². The molecule has 1 unspecified atom stereocenters. The van der Waals surface area contributed by atoms with Gasteiger partial charge in [-0.25, -0.2) is 0 Å². The van der Waals surface area contributed by atoms with Crippen LogP contribution in [0.15, 0.2) is 157 Å². The van der Waals surface area contributed by atoms with Crippen LogP contribution in [0.25, 0.3) is 0 Å². The average Bonchev–Trinajstić information content (AvgIpc) is 3.45. The van der Waals surface area contributed by atoms with E-state index in [9.17, 15) is 9.90 Å². The maximum absolute atomic E-state index is 11.2. The number of benzene rings is 2. The first kappa shape index (κ1) is 57.8. The van der Waals surface area contributed by atoms with Gasteiger partial charge >= 0.3 is 22.5 Å². The van der Waals surface area contributed by atoms with E-state index in [1.54, 1.807) is 12.4 Å². The van der Waals surface area contributed by atoms with Gasteiger partial charge in [0.05, 0.1) is 46.7 Å². The van der Waals surface area contributed by atoms with Crippen molar-refractivity contribution in [1.82, 2.24) is 30.2 Å². The quantitative estimate of drug-likeness (QED) is 0.139. The molecule has 5 aromatic heterocycles. The molecule has 0 spiro atoms. The number of aliphatic hydroxyl groups is 1. The van der Waals surface area contributed by atoms with Crippen LogP contribution in [0.5, 0.6) is 0 Å². The number of nitrogens with one attached hydrogen (secondary N) is 1. The molecular weight excluding hydrogens is 976 g/mol. The molecule has 5 heterocycles. The third-order valence-corrected chi connectivity index (χ3v) is 14.0. The number of aliphatic hydroxyl groups excluding tert-OH is 1. The number of rotatable bonds is 5. The van der Waals surface area contributed by atoms with Gasteiger partial charge < -0.3 is 16.2 Å². The Morgan fingerprint density at radius 2 is 0.987 bits per heavy atom. The van der Waals surface area contributed by atoms with Gasteiger partial charge in [0.15, 0.2) is 5.78 Å². The first-order valence-electron chi connectivity index (χ1n) is 26.2. The van der Waals surface area contributed by atoms with E-state index >= 15 is 0 Å². The Morgan fingerprint density at radius 1 is 0.533 bits per heavy atom. The molecule has 0 radical (unpaired) electrons. The molecule has 7 aromatic rings. The summed E-state index contributed by atoms with van der Waals surface area (Å²) in [7, 11) is 0. The monoisotopic (exact) mass is 1050 g/mol. The fourth-order valence-electron chi connectivity index (χ4n) is 10.2. The summed E-state index contributed by atoms with van der Waals surface area (Å²) in [5, 5.41) is 13.2. The molecule has 5 atom stereocenters. The molecule has 0 saturated heterocycles. The summed E-state index contributed by atoms with van der Waals surface area (Å²) in [5.74, 6) is 0.201. The minimum atomic E-state index is -1.44. The second kappa shape index (κ2) is 30.8. The molecule has 2 aromatic carbocycles. The van der Waals surface area contributed by atoms with E-state index in [1.807, 2.05) is 67.1 Å². The molecular formula is C62H74MnN8O4. The second-order valence-electron chi connectivity index (χ2n) is 19.2. The van der Waals surface area contributed by atoms with Crippen LogP contribution in [0.2, 0.25) is 0 Å². The summed E-state index contributed by atoms with van der Waals surface area (Å²) in [6.45, 7) is 4.38. The van der Waals surface area contributed by atoms with Gasteiger partial charge in [-0.1, -0.05) is 98.4 Å². The number of aryl methyl sites for hydroxylation is 5. The maximum atomic E-state index is 11.2. The Bertz CT molecular complexity index is 2860. The number of ketones is 1. The number of hydrogen-bond donors (Lipinski definition) is 3. The van der Waals surface area contributed by atoms with Gasteiger partial charge in [0.2, 0.25) is 0 Å². The van der Waals surface area contributed by atoms with Gasteiger partial charge in [-0.05, 0) is 173 Å². The zero-order valence-electron chi connectivity index (χ0n) is 42.7. The Hall–Kier alpha value is -6.47. The van der Waals surface area contributed by atoms with Crippen molar-refractivity contribution in [2.45, 2.75) is 148 Å². The van der Waals surface area contributed by atoms with Crippen molar-refractivity contribution in [1.29, 1.82) is 0 Å². The molecule has 0 saturated carbocycles. The van der Waals surface area contributed by atoms with Crippen molar-refractivity contribution in [3.05, 3.63) is 220 Å². The number of nitrogens with zero attached hydrogens (tertiary/aromatic N) is 6. The molecule has 0 amide bonds. The van der Waals surface area contributed by atoms with Gasteiger partial charge in [-0.15, -0.1) is 0 Å². The Labute approximate surface area is 450 Å². The molecule has 12 nitrogen and oxygen atoms in total. The number of pyridine rings is 5. The number of hydrogen-bond acceptors (Lipinski definition) is 12. The predicted molar refractivity (Wildman–Crippen MR) is 292 cm³/mol. The fraction of sp³-hybridized carbons (Fsp3) is 0.371. The fourth-order valence-corrected chi connectivity index (χ4v) is 10.2. The van der Waals surface area contributed by atoms with E-state index in [2.05, 4.69) is 117 Å². The van der Waals surface area contributed by atoms with Crippen molar-refractivity contribution in [3.63, 3.8) is 0 Å². The zero-order chi connectivity index (χ0) is 51.9. The number of aliphatic imine (C=N–C) groups is 1. The standard InChI is InChI=1S/C17H20N2.C17H18N2.C9H12N2.C9H11NO.C9H9NO.CH4.Mn.2O/c2*1-13(14-7-3-2-4-8-14)19-16-11-5-9-15-10-6-12-18-17(15)16;10-8-5-1-3-7-4-2-6-11-9(7)8;2*11-8-5-1-3-7-4-2-6-10-9(7)8;;;;/h2-4,6-8,10,12-13,16,19H,5,9,11H2,1H3;2-4,6-8,10,12-13H,5,9,11H2,1H3;2,4,6,8H,1,3,5,10H2;2,4,6,8,11H,1,3,5H2;2,4,6H,1,3,5H2;1H4;;;/t13-,16-;13-;8-;;;;;;/m111....../s1. The molecule has 5 aliphatic carbocycles. The summed E-state index contributed by atoms with van der Waals surface area (Å²) in [6.07, 6.45) is 24.8. The van der Waals surface area contributed by atoms with Crippen LogP contribution in [0.4, 0.5) is 0 Å². The summed E-state index contributed by atoms with van der Waals surface area (Å²) in [6, 6.07) is 42.6. The van der Waals surface area contributed by atoms with Gasteiger partial charge in [-0.2, -0.15) is 0 Å². The van der Waals surface area contributed by atoms with Crippen LogP contribution in [-0.4, -0.2) is 41.5 Å². The van der Waals surface area contributed by atoms with Gasteiger partial charge in [0.1, 0.15) is 5.69 Å². The Balaban J connectivity index is 0.000000153. The number of nitrogens with two attached hydrogens (primary N) is 1. The summed E-state index contributed by atoms with van der Waals surface area (Å²) >= 11 is -1.44. The zero-order valence-corrected chi connectivity index (χ0v) is 43.9. The Morgan fingerprint density at radius 3 is 1.57 bits per heavy atom. The molecule has 75 heavy (non-hydrogen) atoms. The SMILES string of the molecule is C.C[C@@H](N=C1CCCc2cccnc21)c1ccccc1.C[C@@H](N[C@@H]1CCCc2cccnc21)c1ccccc1.N[C@@H]1CCCc2cccnc21.O=C1CCCc2cccnc21.OC1CCCc2cccnc21.[O]=[Mn]=[O]. The molecule has 13 heteroatoms. The second-order valence-corrected chi connectivity index (χ2v) is 19.4. The van der Waals surface area contributed by atoms with Crippen molar-refractivity contribution in [2.75, 3.05) is 0 Å². The topological polar surface area (TPSA) is 186 Å². The third kappa shape index (κ3) is 17.0. The molecule has 5 aliphatic rings.